The lowest BCUT2D eigenvalue weighted by Crippen LogP contribution is -2.18. The van der Waals surface area contributed by atoms with Crippen LogP contribution in [0.3, 0.4) is 0 Å². The summed E-state index contributed by atoms with van der Waals surface area (Å²) < 4.78 is 0. The van der Waals surface area contributed by atoms with Crippen LogP contribution in [0.1, 0.15) is 30.9 Å². The van der Waals surface area contributed by atoms with Crippen LogP contribution in [-0.4, -0.2) is 11.7 Å². The largest absolute Gasteiger partial charge is 0.385 e. The van der Waals surface area contributed by atoms with Gasteiger partial charge in [-0.3, -0.25) is 0 Å². The molecule has 0 heterocycles. The van der Waals surface area contributed by atoms with Crippen molar-refractivity contribution >= 4 is 28.7 Å². The lowest BCUT2D eigenvalue weighted by atomic mass is 10.0. The molecular formula is C18H21N3S. The highest BCUT2D eigenvalue weighted by molar-refractivity contribution is 7.80. The summed E-state index contributed by atoms with van der Waals surface area (Å²) >= 11 is 4.90. The molecule has 4 heteroatoms. The Morgan fingerprint density at radius 2 is 1.91 bits per heavy atom. The molecule has 0 fully saturated rings. The fourth-order valence-corrected chi connectivity index (χ4v) is 3.05. The molecule has 2 aromatic rings. The summed E-state index contributed by atoms with van der Waals surface area (Å²) in [5, 5.41) is 6.81. The molecule has 0 spiro atoms. The third kappa shape index (κ3) is 3.07. The lowest BCUT2D eigenvalue weighted by molar-refractivity contribution is 0.834. The van der Waals surface area contributed by atoms with Crippen LogP contribution < -0.4 is 16.4 Å². The van der Waals surface area contributed by atoms with E-state index in [1.165, 1.54) is 40.8 Å². The molecule has 0 aliphatic heterocycles. The molecule has 0 amide bonds. The predicted octanol–water partition coefficient (Wildman–Crippen LogP) is 4.13. The fraction of sp³-hybridized carbons (Fsp3) is 0.278. The molecule has 0 aromatic heterocycles. The van der Waals surface area contributed by atoms with Crippen LogP contribution in [0, 0.1) is 0 Å². The standard InChI is InChI=1S/C18H21N3S/c1-2-3-8-20-14-5-4-12-9-13-10-15(21-18(19)22)6-7-16(13)17(12)11-14/h4-7,10-11,20H,2-3,8-9H2,1H3,(H3,19,21,22). The van der Waals surface area contributed by atoms with Gasteiger partial charge in [0.1, 0.15) is 0 Å². The van der Waals surface area contributed by atoms with E-state index >= 15 is 0 Å². The smallest absolute Gasteiger partial charge is 0.168 e. The third-order valence-corrected chi connectivity index (χ3v) is 4.12. The van der Waals surface area contributed by atoms with Crippen molar-refractivity contribution in [2.75, 3.05) is 17.2 Å². The van der Waals surface area contributed by atoms with Crippen LogP contribution in [-0.2, 0) is 6.42 Å². The Kier molecular flexibility index (Phi) is 4.29. The summed E-state index contributed by atoms with van der Waals surface area (Å²) in [6.45, 7) is 3.23. The van der Waals surface area contributed by atoms with Crippen molar-refractivity contribution in [1.29, 1.82) is 0 Å². The topological polar surface area (TPSA) is 50.1 Å². The fourth-order valence-electron chi connectivity index (χ4n) is 2.93. The number of hydrogen-bond donors (Lipinski definition) is 3. The number of fused-ring (bicyclic) bond motifs is 3. The summed E-state index contributed by atoms with van der Waals surface area (Å²) in [4.78, 5) is 0. The molecule has 3 rings (SSSR count). The number of thiocarbonyl (C=S) groups is 1. The highest BCUT2D eigenvalue weighted by Gasteiger charge is 2.19. The van der Waals surface area contributed by atoms with E-state index in [2.05, 4.69) is 47.9 Å². The van der Waals surface area contributed by atoms with Gasteiger partial charge >= 0.3 is 0 Å². The van der Waals surface area contributed by atoms with Crippen molar-refractivity contribution in [3.8, 4) is 11.1 Å². The molecule has 0 radical (unpaired) electrons. The zero-order valence-electron chi connectivity index (χ0n) is 12.8. The SMILES string of the molecule is CCCCNc1ccc2c(c1)-c1ccc(NC(N)=S)cc1C2. The molecule has 3 nitrogen and oxygen atoms in total. The maximum Gasteiger partial charge on any atom is 0.168 e. The molecule has 0 bridgehead atoms. The summed E-state index contributed by atoms with van der Waals surface area (Å²) in [6, 6.07) is 13.0. The van der Waals surface area contributed by atoms with Crippen LogP contribution in [0.25, 0.3) is 11.1 Å². The quantitative estimate of drug-likeness (QED) is 0.490. The Bertz CT molecular complexity index is 709. The lowest BCUT2D eigenvalue weighted by Gasteiger charge is -2.09. The van der Waals surface area contributed by atoms with Crippen molar-refractivity contribution in [2.24, 2.45) is 5.73 Å². The zero-order valence-corrected chi connectivity index (χ0v) is 13.6. The summed E-state index contributed by atoms with van der Waals surface area (Å²) in [5.74, 6) is 0. The van der Waals surface area contributed by atoms with E-state index in [-0.39, 0.29) is 0 Å². The van der Waals surface area contributed by atoms with E-state index in [1.54, 1.807) is 0 Å². The van der Waals surface area contributed by atoms with Crippen LogP contribution >= 0.6 is 12.2 Å². The van der Waals surface area contributed by atoms with Crippen molar-refractivity contribution in [3.63, 3.8) is 0 Å². The highest BCUT2D eigenvalue weighted by atomic mass is 32.1. The van der Waals surface area contributed by atoms with Gasteiger partial charge in [0.25, 0.3) is 0 Å². The van der Waals surface area contributed by atoms with Gasteiger partial charge in [0, 0.05) is 17.9 Å². The normalized spacial score (nSPS) is 11.7. The van der Waals surface area contributed by atoms with E-state index in [9.17, 15) is 0 Å². The third-order valence-electron chi connectivity index (χ3n) is 4.01. The highest BCUT2D eigenvalue weighted by Crippen LogP contribution is 2.39. The van der Waals surface area contributed by atoms with E-state index in [1.807, 2.05) is 6.07 Å². The predicted molar refractivity (Wildman–Crippen MR) is 98.5 cm³/mol. The van der Waals surface area contributed by atoms with Gasteiger partial charge in [-0.1, -0.05) is 25.5 Å². The maximum atomic E-state index is 5.54. The van der Waals surface area contributed by atoms with E-state index in [0.29, 0.717) is 5.11 Å². The van der Waals surface area contributed by atoms with Gasteiger partial charge in [-0.05, 0) is 71.6 Å². The van der Waals surface area contributed by atoms with Gasteiger partial charge in [0.2, 0.25) is 0 Å². The number of benzene rings is 2. The molecule has 0 unspecified atom stereocenters. The molecule has 114 valence electrons. The van der Waals surface area contributed by atoms with Crippen LogP contribution in [0.5, 0.6) is 0 Å². The average molecular weight is 311 g/mol. The first-order chi connectivity index (χ1) is 10.7. The number of hydrogen-bond acceptors (Lipinski definition) is 2. The first-order valence-electron chi connectivity index (χ1n) is 7.74. The van der Waals surface area contributed by atoms with Gasteiger partial charge in [0.15, 0.2) is 5.11 Å². The van der Waals surface area contributed by atoms with Gasteiger partial charge < -0.3 is 16.4 Å². The Morgan fingerprint density at radius 1 is 1.09 bits per heavy atom. The Hall–Kier alpha value is -2.07. The molecule has 1 aliphatic rings. The minimum Gasteiger partial charge on any atom is -0.385 e. The second kappa shape index (κ2) is 6.36. The van der Waals surface area contributed by atoms with Crippen molar-refractivity contribution < 1.29 is 0 Å². The summed E-state index contributed by atoms with van der Waals surface area (Å²) in [7, 11) is 0. The van der Waals surface area contributed by atoms with E-state index < -0.39 is 0 Å². The second-order valence-corrected chi connectivity index (χ2v) is 6.13. The van der Waals surface area contributed by atoms with Crippen molar-refractivity contribution in [3.05, 3.63) is 47.5 Å². The Morgan fingerprint density at radius 3 is 2.68 bits per heavy atom. The number of anilines is 2. The molecular weight excluding hydrogens is 290 g/mol. The first-order valence-corrected chi connectivity index (χ1v) is 8.14. The Balaban J connectivity index is 1.85. The van der Waals surface area contributed by atoms with Crippen molar-refractivity contribution in [2.45, 2.75) is 26.2 Å². The number of unbranched alkanes of at least 4 members (excludes halogenated alkanes) is 1. The number of nitrogens with two attached hydrogens (primary N) is 1. The van der Waals surface area contributed by atoms with Crippen molar-refractivity contribution in [1.82, 2.24) is 0 Å². The van der Waals surface area contributed by atoms with Crippen LogP contribution in [0.4, 0.5) is 11.4 Å². The monoisotopic (exact) mass is 311 g/mol. The van der Waals surface area contributed by atoms with Crippen LogP contribution in [0.15, 0.2) is 36.4 Å². The maximum absolute atomic E-state index is 5.54. The molecule has 0 saturated heterocycles. The van der Waals surface area contributed by atoms with E-state index in [0.717, 1.165) is 18.7 Å². The van der Waals surface area contributed by atoms with Gasteiger partial charge in [-0.15, -0.1) is 0 Å². The van der Waals surface area contributed by atoms with Gasteiger partial charge in [-0.2, -0.15) is 0 Å². The first kappa shape index (κ1) is 14.9. The molecule has 0 saturated carbocycles. The molecule has 4 N–H and O–H groups in total. The number of rotatable bonds is 5. The molecule has 0 atom stereocenters. The summed E-state index contributed by atoms with van der Waals surface area (Å²) in [6.07, 6.45) is 3.37. The number of nitrogens with one attached hydrogen (secondary N) is 2. The summed E-state index contributed by atoms with van der Waals surface area (Å²) in [5.41, 5.74) is 13.0. The molecule has 1 aliphatic carbocycles. The Labute approximate surface area is 136 Å². The minimum absolute atomic E-state index is 0.304. The average Bonchev–Trinajstić information content (AvgIpc) is 2.84. The van der Waals surface area contributed by atoms with Gasteiger partial charge in [0.05, 0.1) is 0 Å². The van der Waals surface area contributed by atoms with Crippen LogP contribution in [0.2, 0.25) is 0 Å². The zero-order chi connectivity index (χ0) is 15.5. The second-order valence-electron chi connectivity index (χ2n) is 5.69. The van der Waals surface area contributed by atoms with E-state index in [4.69, 9.17) is 18.0 Å². The molecule has 22 heavy (non-hydrogen) atoms. The molecule has 2 aromatic carbocycles. The minimum atomic E-state index is 0.304. The van der Waals surface area contributed by atoms with Gasteiger partial charge in [-0.25, -0.2) is 0 Å².